The third kappa shape index (κ3) is 13.5. The molecule has 0 fully saturated rings. The van der Waals surface area contributed by atoms with Crippen LogP contribution in [0.4, 0.5) is 17.1 Å². The zero-order valence-electron chi connectivity index (χ0n) is 40.6. The highest BCUT2D eigenvalue weighted by Gasteiger charge is 2.21. The van der Waals surface area contributed by atoms with Crippen LogP contribution < -0.4 is 34.9 Å². The molecule has 0 aliphatic carbocycles. The normalized spacial score (nSPS) is 11.1. The molecule has 0 bridgehead atoms. The highest BCUT2D eigenvalue weighted by molar-refractivity contribution is 6.08. The highest BCUT2D eigenvalue weighted by atomic mass is 16.5. The second kappa shape index (κ2) is 23.3. The Morgan fingerprint density at radius 3 is 1.77 bits per heavy atom. The van der Waals surface area contributed by atoms with Gasteiger partial charge < -0.3 is 39.8 Å². The first-order valence-corrected chi connectivity index (χ1v) is 23.5. The van der Waals surface area contributed by atoms with Gasteiger partial charge in [0.05, 0.1) is 30.8 Å². The largest absolute Gasteiger partial charge is 0.495 e. The smallest absolute Gasteiger partial charge is 0.255 e. The molecule has 0 spiro atoms. The number of ether oxygens (including phenoxy) is 4. The van der Waals surface area contributed by atoms with Gasteiger partial charge in [-0.1, -0.05) is 85.8 Å². The molecule has 3 N–H and O–H groups in total. The van der Waals surface area contributed by atoms with E-state index < -0.39 is 11.8 Å². The lowest BCUT2D eigenvalue weighted by atomic mass is 10.1. The summed E-state index contributed by atoms with van der Waals surface area (Å²) in [5.74, 6) is 0.406. The molecule has 4 amide bonds. The number of methoxy groups -OCH3 is 1. The van der Waals surface area contributed by atoms with Crippen LogP contribution in [0.15, 0.2) is 152 Å². The van der Waals surface area contributed by atoms with Gasteiger partial charge in [-0.2, -0.15) is 0 Å². The molecule has 7 aromatic rings. The Morgan fingerprint density at radius 1 is 0.557 bits per heavy atom. The Kier molecular flexibility index (Phi) is 16.5. The van der Waals surface area contributed by atoms with Crippen LogP contribution in [0.5, 0.6) is 23.0 Å². The van der Waals surface area contributed by atoms with Gasteiger partial charge in [0.25, 0.3) is 17.7 Å². The molecule has 0 saturated heterocycles. The summed E-state index contributed by atoms with van der Waals surface area (Å²) in [7, 11) is 1.45. The summed E-state index contributed by atoms with van der Waals surface area (Å²) >= 11 is 0. The Labute approximate surface area is 409 Å². The van der Waals surface area contributed by atoms with Gasteiger partial charge in [0.15, 0.2) is 0 Å². The van der Waals surface area contributed by atoms with Gasteiger partial charge in [0, 0.05) is 42.6 Å². The summed E-state index contributed by atoms with van der Waals surface area (Å²) in [6.07, 6.45) is 1.58. The number of benzene rings is 7. The summed E-state index contributed by atoms with van der Waals surface area (Å²) in [6.45, 7) is 11.2. The van der Waals surface area contributed by atoms with E-state index in [4.69, 9.17) is 18.9 Å². The SMILES string of the molecule is CCCC(=O)Nc1ccc(C(=O)Nc2ccc(C(=O)Nc3ccc(C(=O)N(CC)Cc4ccc5ccccc5c4)cc3OCc3ccccc3)cc2OC)cc1OCCc1ccc(OC(C)(C)C)cc1. The van der Waals surface area contributed by atoms with E-state index in [1.54, 1.807) is 53.4 Å². The summed E-state index contributed by atoms with van der Waals surface area (Å²) < 4.78 is 24.1. The lowest BCUT2D eigenvalue weighted by Crippen LogP contribution is -2.30. The maximum atomic E-state index is 14.0. The molecule has 0 aliphatic heterocycles. The van der Waals surface area contributed by atoms with Crippen molar-refractivity contribution in [1.82, 2.24) is 4.90 Å². The van der Waals surface area contributed by atoms with E-state index in [0.717, 1.165) is 33.2 Å². The van der Waals surface area contributed by atoms with Crippen molar-refractivity contribution in [1.29, 1.82) is 0 Å². The molecular weight excluding hydrogens is 881 g/mol. The molecule has 7 aromatic carbocycles. The third-order valence-corrected chi connectivity index (χ3v) is 11.3. The second-order valence-electron chi connectivity index (χ2n) is 17.8. The molecule has 0 atom stereocenters. The number of carbonyl (C=O) groups is 4. The molecule has 70 heavy (non-hydrogen) atoms. The Hall–Kier alpha value is -8.12. The average molecular weight is 941 g/mol. The van der Waals surface area contributed by atoms with Crippen molar-refractivity contribution in [3.63, 3.8) is 0 Å². The minimum Gasteiger partial charge on any atom is -0.495 e. The Balaban J connectivity index is 1.05. The summed E-state index contributed by atoms with van der Waals surface area (Å²) in [6, 6.07) is 46.3. The average Bonchev–Trinajstić information content (AvgIpc) is 3.36. The number of nitrogens with zero attached hydrogens (tertiary/aromatic N) is 1. The van der Waals surface area contributed by atoms with Crippen molar-refractivity contribution < 1.29 is 38.1 Å². The van der Waals surface area contributed by atoms with Crippen LogP contribution in [0, 0.1) is 0 Å². The zero-order valence-corrected chi connectivity index (χ0v) is 40.6. The number of hydrogen-bond donors (Lipinski definition) is 3. The molecule has 0 heterocycles. The molecule has 0 aliphatic rings. The van der Waals surface area contributed by atoms with E-state index in [1.165, 1.54) is 13.2 Å². The molecular formula is C58H60N4O8. The van der Waals surface area contributed by atoms with E-state index in [9.17, 15) is 19.2 Å². The topological polar surface area (TPSA) is 145 Å². The van der Waals surface area contributed by atoms with Gasteiger partial charge in [-0.25, -0.2) is 0 Å². The molecule has 12 heteroatoms. The van der Waals surface area contributed by atoms with Gasteiger partial charge in [-0.15, -0.1) is 0 Å². The molecule has 0 saturated carbocycles. The quantitative estimate of drug-likeness (QED) is 0.0685. The van der Waals surface area contributed by atoms with Gasteiger partial charge >= 0.3 is 0 Å². The van der Waals surface area contributed by atoms with Crippen molar-refractivity contribution in [3.8, 4) is 23.0 Å². The number of amides is 4. The van der Waals surface area contributed by atoms with Crippen molar-refractivity contribution in [2.45, 2.75) is 72.6 Å². The number of fused-ring (bicyclic) bond motifs is 1. The number of rotatable bonds is 20. The van der Waals surface area contributed by atoms with Crippen molar-refractivity contribution in [2.75, 3.05) is 36.2 Å². The summed E-state index contributed by atoms with van der Waals surface area (Å²) in [5, 5.41) is 11.0. The van der Waals surface area contributed by atoms with Gasteiger partial charge in [-0.3, -0.25) is 19.2 Å². The number of hydrogen-bond acceptors (Lipinski definition) is 8. The molecule has 0 unspecified atom stereocenters. The predicted molar refractivity (Wildman–Crippen MR) is 276 cm³/mol. The van der Waals surface area contributed by atoms with Crippen molar-refractivity contribution in [3.05, 3.63) is 185 Å². The van der Waals surface area contributed by atoms with Crippen LogP contribution in [0.3, 0.4) is 0 Å². The summed E-state index contributed by atoms with van der Waals surface area (Å²) in [4.78, 5) is 56.2. The molecule has 360 valence electrons. The second-order valence-corrected chi connectivity index (χ2v) is 17.8. The van der Waals surface area contributed by atoms with E-state index in [-0.39, 0.29) is 47.5 Å². The Morgan fingerprint density at radius 2 is 1.13 bits per heavy atom. The molecule has 7 rings (SSSR count). The highest BCUT2D eigenvalue weighted by Crippen LogP contribution is 2.32. The van der Waals surface area contributed by atoms with Crippen LogP contribution in [-0.2, 0) is 24.4 Å². The van der Waals surface area contributed by atoms with E-state index in [1.807, 2.05) is 107 Å². The monoisotopic (exact) mass is 940 g/mol. The lowest BCUT2D eigenvalue weighted by molar-refractivity contribution is -0.116. The fourth-order valence-electron chi connectivity index (χ4n) is 7.69. The minimum absolute atomic E-state index is 0.164. The zero-order chi connectivity index (χ0) is 49.6. The summed E-state index contributed by atoms with van der Waals surface area (Å²) in [5.41, 5.74) is 4.71. The maximum Gasteiger partial charge on any atom is 0.255 e. The van der Waals surface area contributed by atoms with Gasteiger partial charge in [0.1, 0.15) is 35.2 Å². The fourth-order valence-corrected chi connectivity index (χ4v) is 7.69. The number of carbonyl (C=O) groups excluding carboxylic acids is 4. The first kappa shape index (κ1) is 49.8. The minimum atomic E-state index is -0.469. The van der Waals surface area contributed by atoms with Crippen molar-refractivity contribution in [2.24, 2.45) is 0 Å². The van der Waals surface area contributed by atoms with Gasteiger partial charge in [-0.05, 0) is 134 Å². The standard InChI is InChI=1S/C58H60N4O8/c1-7-14-54(63)59-49-29-24-45(35-52(49)68-32-31-39-20-26-47(27-21-39)70-58(3,4)5)56(65)60-48-28-23-44(34-51(48)67-6)55(64)61-50-30-25-46(36-53(50)69-38-40-15-10-9-11-16-40)57(66)62(8-2)37-41-19-22-42-17-12-13-18-43(42)33-41/h9-13,15-30,33-36H,7-8,14,31-32,37-38H2,1-6H3,(H,59,63)(H,60,65)(H,61,64). The van der Waals surface area contributed by atoms with Crippen LogP contribution in [0.25, 0.3) is 10.8 Å². The third-order valence-electron chi connectivity index (χ3n) is 11.3. The van der Waals surface area contributed by atoms with Crippen LogP contribution in [0.1, 0.15) is 95.2 Å². The van der Waals surface area contributed by atoms with Crippen LogP contribution in [-0.4, -0.2) is 54.4 Å². The van der Waals surface area contributed by atoms with E-state index in [0.29, 0.717) is 66.5 Å². The first-order chi connectivity index (χ1) is 33.8. The van der Waals surface area contributed by atoms with Gasteiger partial charge in [0.2, 0.25) is 5.91 Å². The first-order valence-electron chi connectivity index (χ1n) is 23.5. The number of anilines is 3. The maximum absolute atomic E-state index is 14.0. The van der Waals surface area contributed by atoms with Crippen LogP contribution in [0.2, 0.25) is 0 Å². The molecule has 0 radical (unpaired) electrons. The van der Waals surface area contributed by atoms with E-state index >= 15 is 0 Å². The Bertz CT molecular complexity index is 2950. The predicted octanol–water partition coefficient (Wildman–Crippen LogP) is 12.1. The van der Waals surface area contributed by atoms with Crippen molar-refractivity contribution >= 4 is 51.5 Å². The lowest BCUT2D eigenvalue weighted by Gasteiger charge is -2.22. The van der Waals surface area contributed by atoms with Crippen LogP contribution >= 0.6 is 0 Å². The number of nitrogens with one attached hydrogen (secondary N) is 3. The molecule has 12 nitrogen and oxygen atoms in total. The molecule has 0 aromatic heterocycles. The fraction of sp³-hybridized carbons (Fsp3) is 0.241. The van der Waals surface area contributed by atoms with E-state index in [2.05, 4.69) is 40.2 Å².